The summed E-state index contributed by atoms with van der Waals surface area (Å²) in [5, 5.41) is 0. The molecular formula is C12H19BrN2O2S2. The standard InChI is InChI=1S/C12H19BrN2O2S2/c1-4-9(8-18-3)15(2)19(16,17)10-5-6-12(14)11(13)7-10/h5-7,9H,4,8,14H2,1-3H3. The van der Waals surface area contributed by atoms with E-state index in [1.165, 1.54) is 10.4 Å². The highest BCUT2D eigenvalue weighted by Crippen LogP contribution is 2.26. The molecule has 1 rings (SSSR count). The lowest BCUT2D eigenvalue weighted by molar-refractivity contribution is 0.385. The molecule has 0 fully saturated rings. The van der Waals surface area contributed by atoms with E-state index in [2.05, 4.69) is 15.9 Å². The number of benzene rings is 1. The second-order valence-corrected chi connectivity index (χ2v) is 7.98. The molecule has 1 aromatic rings. The molecule has 0 aromatic heterocycles. The third kappa shape index (κ3) is 3.87. The van der Waals surface area contributed by atoms with Crippen molar-refractivity contribution in [2.75, 3.05) is 24.8 Å². The van der Waals surface area contributed by atoms with Crippen molar-refractivity contribution >= 4 is 43.4 Å². The van der Waals surface area contributed by atoms with Crippen molar-refractivity contribution in [1.82, 2.24) is 4.31 Å². The Hall–Kier alpha value is -0.240. The van der Waals surface area contributed by atoms with Crippen molar-refractivity contribution < 1.29 is 8.42 Å². The minimum absolute atomic E-state index is 0.00340. The number of sulfonamides is 1. The minimum Gasteiger partial charge on any atom is -0.398 e. The maximum Gasteiger partial charge on any atom is 0.243 e. The molecule has 1 aromatic carbocycles. The Morgan fingerprint density at radius 1 is 1.47 bits per heavy atom. The van der Waals surface area contributed by atoms with E-state index in [-0.39, 0.29) is 10.9 Å². The van der Waals surface area contributed by atoms with Gasteiger partial charge in [-0.05, 0) is 46.8 Å². The van der Waals surface area contributed by atoms with Gasteiger partial charge in [0.15, 0.2) is 0 Å². The number of nitrogen functional groups attached to an aromatic ring is 1. The van der Waals surface area contributed by atoms with Crippen LogP contribution in [0.5, 0.6) is 0 Å². The zero-order valence-corrected chi connectivity index (χ0v) is 14.5. The van der Waals surface area contributed by atoms with Gasteiger partial charge in [0.2, 0.25) is 10.0 Å². The van der Waals surface area contributed by atoms with Gasteiger partial charge in [-0.3, -0.25) is 0 Å². The average molecular weight is 367 g/mol. The summed E-state index contributed by atoms with van der Waals surface area (Å²) < 4.78 is 27.1. The maximum atomic E-state index is 12.5. The second kappa shape index (κ2) is 6.97. The molecule has 108 valence electrons. The van der Waals surface area contributed by atoms with Crippen LogP contribution in [0.4, 0.5) is 5.69 Å². The van der Waals surface area contributed by atoms with Gasteiger partial charge in [-0.25, -0.2) is 8.42 Å². The van der Waals surface area contributed by atoms with Crippen molar-refractivity contribution in [3.63, 3.8) is 0 Å². The first kappa shape index (κ1) is 16.8. The van der Waals surface area contributed by atoms with Crippen molar-refractivity contribution in [2.45, 2.75) is 24.3 Å². The van der Waals surface area contributed by atoms with Crippen LogP contribution in [0.25, 0.3) is 0 Å². The molecule has 0 bridgehead atoms. The van der Waals surface area contributed by atoms with E-state index in [9.17, 15) is 8.42 Å². The van der Waals surface area contributed by atoms with Crippen LogP contribution in [0.3, 0.4) is 0 Å². The van der Waals surface area contributed by atoms with Gasteiger partial charge in [0.25, 0.3) is 0 Å². The number of rotatable bonds is 6. The van der Waals surface area contributed by atoms with Gasteiger partial charge in [-0.1, -0.05) is 6.92 Å². The lowest BCUT2D eigenvalue weighted by Crippen LogP contribution is -2.38. The number of halogens is 1. The molecular weight excluding hydrogens is 348 g/mol. The van der Waals surface area contributed by atoms with Crippen LogP contribution in [0.15, 0.2) is 27.6 Å². The van der Waals surface area contributed by atoms with E-state index in [1.807, 2.05) is 13.2 Å². The van der Waals surface area contributed by atoms with Gasteiger partial charge in [0, 0.05) is 29.0 Å². The quantitative estimate of drug-likeness (QED) is 0.786. The summed E-state index contributed by atoms with van der Waals surface area (Å²) in [5.74, 6) is 0.780. The fourth-order valence-corrected chi connectivity index (χ4v) is 4.63. The highest BCUT2D eigenvalue weighted by molar-refractivity contribution is 9.10. The molecule has 0 saturated heterocycles. The fraction of sp³-hybridized carbons (Fsp3) is 0.500. The summed E-state index contributed by atoms with van der Waals surface area (Å²) in [5.41, 5.74) is 6.21. The molecule has 4 nitrogen and oxygen atoms in total. The maximum absolute atomic E-state index is 12.5. The van der Waals surface area contributed by atoms with Gasteiger partial charge in [0.05, 0.1) is 4.90 Å². The Kier molecular flexibility index (Phi) is 6.16. The smallest absolute Gasteiger partial charge is 0.243 e. The SMILES string of the molecule is CCC(CSC)N(C)S(=O)(=O)c1ccc(N)c(Br)c1. The molecule has 2 N–H and O–H groups in total. The molecule has 7 heteroatoms. The second-order valence-electron chi connectivity index (χ2n) is 4.22. The van der Waals surface area contributed by atoms with Crippen molar-refractivity contribution in [3.8, 4) is 0 Å². The molecule has 19 heavy (non-hydrogen) atoms. The minimum atomic E-state index is -3.48. The summed E-state index contributed by atoms with van der Waals surface area (Å²) in [7, 11) is -1.85. The molecule has 1 unspecified atom stereocenters. The van der Waals surface area contributed by atoms with Crippen LogP contribution in [0, 0.1) is 0 Å². The van der Waals surface area contributed by atoms with Crippen molar-refractivity contribution in [2.24, 2.45) is 0 Å². The Balaban J connectivity index is 3.11. The summed E-state index contributed by atoms with van der Waals surface area (Å²) in [6.45, 7) is 1.99. The predicted octanol–water partition coefficient (Wildman–Crippen LogP) is 2.79. The normalized spacial score (nSPS) is 13.7. The topological polar surface area (TPSA) is 63.4 Å². The number of nitrogens with zero attached hydrogens (tertiary/aromatic N) is 1. The van der Waals surface area contributed by atoms with Gasteiger partial charge in [-0.15, -0.1) is 0 Å². The van der Waals surface area contributed by atoms with E-state index in [0.29, 0.717) is 10.2 Å². The zero-order valence-electron chi connectivity index (χ0n) is 11.3. The van der Waals surface area contributed by atoms with Crippen LogP contribution in [0.2, 0.25) is 0 Å². The lowest BCUT2D eigenvalue weighted by atomic mass is 10.3. The summed E-state index contributed by atoms with van der Waals surface area (Å²) in [6, 6.07) is 4.68. The van der Waals surface area contributed by atoms with E-state index < -0.39 is 10.0 Å². The molecule has 0 amide bonds. The van der Waals surface area contributed by atoms with E-state index in [1.54, 1.807) is 30.9 Å². The van der Waals surface area contributed by atoms with Gasteiger partial charge < -0.3 is 5.73 Å². The van der Waals surface area contributed by atoms with E-state index in [0.717, 1.165) is 12.2 Å². The van der Waals surface area contributed by atoms with Crippen LogP contribution in [-0.2, 0) is 10.0 Å². The number of anilines is 1. The first-order valence-corrected chi connectivity index (χ1v) is 9.49. The monoisotopic (exact) mass is 366 g/mol. The molecule has 0 radical (unpaired) electrons. The molecule has 0 aliphatic carbocycles. The summed E-state index contributed by atoms with van der Waals surface area (Å²) in [6.07, 6.45) is 2.76. The van der Waals surface area contributed by atoms with Gasteiger partial charge >= 0.3 is 0 Å². The van der Waals surface area contributed by atoms with Crippen LogP contribution < -0.4 is 5.73 Å². The number of hydrogen-bond donors (Lipinski definition) is 1. The Morgan fingerprint density at radius 3 is 2.58 bits per heavy atom. The Labute approximate surface area is 127 Å². The first-order valence-electron chi connectivity index (χ1n) is 5.86. The lowest BCUT2D eigenvalue weighted by Gasteiger charge is -2.26. The first-order chi connectivity index (χ1) is 8.84. The highest BCUT2D eigenvalue weighted by Gasteiger charge is 2.27. The largest absolute Gasteiger partial charge is 0.398 e. The van der Waals surface area contributed by atoms with Crippen molar-refractivity contribution in [1.29, 1.82) is 0 Å². The third-order valence-corrected chi connectivity index (χ3v) is 6.30. The zero-order chi connectivity index (χ0) is 14.6. The number of thioether (sulfide) groups is 1. The van der Waals surface area contributed by atoms with E-state index in [4.69, 9.17) is 5.73 Å². The molecule has 0 aliphatic rings. The number of hydrogen-bond acceptors (Lipinski definition) is 4. The Morgan fingerprint density at radius 2 is 2.11 bits per heavy atom. The van der Waals surface area contributed by atoms with E-state index >= 15 is 0 Å². The average Bonchev–Trinajstić information content (AvgIpc) is 2.38. The predicted molar refractivity (Wildman–Crippen MR) is 86.0 cm³/mol. The van der Waals surface area contributed by atoms with Crippen molar-refractivity contribution in [3.05, 3.63) is 22.7 Å². The highest BCUT2D eigenvalue weighted by atomic mass is 79.9. The molecule has 0 spiro atoms. The van der Waals surface area contributed by atoms with Gasteiger partial charge in [-0.2, -0.15) is 16.1 Å². The Bertz CT molecular complexity index is 535. The molecule has 0 saturated carbocycles. The van der Waals surface area contributed by atoms with Crippen LogP contribution in [0.1, 0.15) is 13.3 Å². The number of nitrogens with two attached hydrogens (primary N) is 1. The fourth-order valence-electron chi connectivity index (χ4n) is 1.70. The van der Waals surface area contributed by atoms with Crippen LogP contribution in [-0.4, -0.2) is 37.8 Å². The van der Waals surface area contributed by atoms with Crippen LogP contribution >= 0.6 is 27.7 Å². The summed E-state index contributed by atoms with van der Waals surface area (Å²) >= 11 is 4.90. The summed E-state index contributed by atoms with van der Waals surface area (Å²) in [4.78, 5) is 0.260. The molecule has 0 aliphatic heterocycles. The van der Waals surface area contributed by atoms with Gasteiger partial charge in [0.1, 0.15) is 0 Å². The third-order valence-electron chi connectivity index (χ3n) is 2.99. The molecule has 1 atom stereocenters. The molecule has 0 heterocycles.